The molecule has 0 radical (unpaired) electrons. The number of carbonyl (C=O) groups is 1. The molecule has 1 saturated carbocycles. The summed E-state index contributed by atoms with van der Waals surface area (Å²) in [6, 6.07) is 5.90. The zero-order chi connectivity index (χ0) is 20.1. The number of hydrogen-bond donors (Lipinski definition) is 0. The van der Waals surface area contributed by atoms with Gasteiger partial charge in [0.1, 0.15) is 5.82 Å². The molecule has 1 aliphatic carbocycles. The number of rotatable bonds is 8. The molecule has 0 atom stereocenters. The molecule has 1 aromatic carbocycles. The van der Waals surface area contributed by atoms with Crippen molar-refractivity contribution in [1.29, 1.82) is 0 Å². The van der Waals surface area contributed by atoms with Crippen molar-refractivity contribution in [2.75, 3.05) is 27.8 Å². The summed E-state index contributed by atoms with van der Waals surface area (Å²) in [5.74, 6) is 2.63. The van der Waals surface area contributed by atoms with Gasteiger partial charge in [0.15, 0.2) is 11.5 Å². The summed E-state index contributed by atoms with van der Waals surface area (Å²) in [7, 11) is 7.18. The van der Waals surface area contributed by atoms with Crippen LogP contribution in [-0.2, 0) is 23.7 Å². The van der Waals surface area contributed by atoms with Gasteiger partial charge in [-0.2, -0.15) is 0 Å². The van der Waals surface area contributed by atoms with Crippen molar-refractivity contribution in [3.05, 3.63) is 42.0 Å². The van der Waals surface area contributed by atoms with Crippen LogP contribution in [-0.4, -0.2) is 48.2 Å². The summed E-state index contributed by atoms with van der Waals surface area (Å²) in [6.45, 7) is 0.723. The molecule has 1 amide bonds. The van der Waals surface area contributed by atoms with Gasteiger partial charge < -0.3 is 18.9 Å². The van der Waals surface area contributed by atoms with Gasteiger partial charge in [-0.1, -0.05) is 18.9 Å². The summed E-state index contributed by atoms with van der Waals surface area (Å²) in [5.41, 5.74) is 0.570. The number of aromatic nitrogens is 2. The predicted molar refractivity (Wildman–Crippen MR) is 109 cm³/mol. The van der Waals surface area contributed by atoms with Gasteiger partial charge in [0.2, 0.25) is 5.91 Å². The number of imidazole rings is 1. The Labute approximate surface area is 167 Å². The van der Waals surface area contributed by atoms with Crippen molar-refractivity contribution in [2.24, 2.45) is 7.05 Å². The largest absolute Gasteiger partial charge is 0.493 e. The lowest BCUT2D eigenvalue weighted by molar-refractivity contribution is -0.136. The highest BCUT2D eigenvalue weighted by molar-refractivity contribution is 5.88. The molecule has 0 bridgehead atoms. The number of ether oxygens (including phenoxy) is 2. The van der Waals surface area contributed by atoms with Crippen LogP contribution in [0.1, 0.15) is 43.5 Å². The van der Waals surface area contributed by atoms with E-state index in [2.05, 4.69) is 4.98 Å². The van der Waals surface area contributed by atoms with Gasteiger partial charge >= 0.3 is 0 Å². The molecule has 6 heteroatoms. The topological polar surface area (TPSA) is 56.6 Å². The van der Waals surface area contributed by atoms with Gasteiger partial charge in [0.25, 0.3) is 0 Å². The Kier molecular flexibility index (Phi) is 6.27. The maximum atomic E-state index is 13.5. The van der Waals surface area contributed by atoms with Crippen LogP contribution in [0.5, 0.6) is 11.5 Å². The molecule has 3 rings (SSSR count). The molecular weight excluding hydrogens is 354 g/mol. The molecule has 28 heavy (non-hydrogen) atoms. The predicted octanol–water partition coefficient (Wildman–Crippen LogP) is 3.34. The maximum absolute atomic E-state index is 13.5. The van der Waals surface area contributed by atoms with Crippen molar-refractivity contribution < 1.29 is 14.3 Å². The van der Waals surface area contributed by atoms with Crippen molar-refractivity contribution >= 4 is 5.91 Å². The molecule has 2 aromatic rings. The molecule has 0 unspecified atom stereocenters. The lowest BCUT2D eigenvalue weighted by atomic mass is 9.77. The van der Waals surface area contributed by atoms with Crippen molar-refractivity contribution in [3.8, 4) is 11.5 Å². The average Bonchev–Trinajstić information content (AvgIpc) is 3.37. The molecule has 6 nitrogen and oxygen atoms in total. The first-order chi connectivity index (χ1) is 13.5. The highest BCUT2D eigenvalue weighted by atomic mass is 16.5. The molecule has 0 spiro atoms. The lowest BCUT2D eigenvalue weighted by Crippen LogP contribution is -2.44. The second-order valence-electron chi connectivity index (χ2n) is 7.64. The third-order valence-electron chi connectivity index (χ3n) is 5.96. The lowest BCUT2D eigenvalue weighted by Gasteiger charge is -2.33. The first kappa shape index (κ1) is 20.2. The molecular formula is C22H31N3O3. The minimum atomic E-state index is -0.461. The SMILES string of the molecule is COc1ccc(C2(C(=O)N(C)CCCc3nccn3C)CCCC2)cc1OC. The smallest absolute Gasteiger partial charge is 0.232 e. The van der Waals surface area contributed by atoms with E-state index in [9.17, 15) is 4.79 Å². The number of likely N-dealkylation sites (N-methyl/N-ethyl adjacent to an activating group) is 1. The third-order valence-corrected chi connectivity index (χ3v) is 5.96. The normalized spacial score (nSPS) is 15.4. The molecule has 152 valence electrons. The number of hydrogen-bond acceptors (Lipinski definition) is 4. The summed E-state index contributed by atoms with van der Waals surface area (Å²) in [4.78, 5) is 19.8. The van der Waals surface area contributed by atoms with Gasteiger partial charge in [-0.15, -0.1) is 0 Å². The Bertz CT molecular complexity index is 809. The highest BCUT2D eigenvalue weighted by Gasteiger charge is 2.44. The number of nitrogens with zero attached hydrogens (tertiary/aromatic N) is 3. The van der Waals surface area contributed by atoms with Crippen LogP contribution < -0.4 is 9.47 Å². The van der Waals surface area contributed by atoms with Crippen LogP contribution in [0.3, 0.4) is 0 Å². The van der Waals surface area contributed by atoms with E-state index >= 15 is 0 Å². The molecule has 0 saturated heterocycles. The van der Waals surface area contributed by atoms with Crippen LogP contribution in [0, 0.1) is 0 Å². The van der Waals surface area contributed by atoms with Crippen LogP contribution in [0.15, 0.2) is 30.6 Å². The number of methoxy groups -OCH3 is 2. The van der Waals surface area contributed by atoms with Crippen molar-refractivity contribution in [2.45, 2.75) is 43.9 Å². The number of amides is 1. The molecule has 1 aromatic heterocycles. The van der Waals surface area contributed by atoms with Gasteiger partial charge in [-0.25, -0.2) is 4.98 Å². The quantitative estimate of drug-likeness (QED) is 0.699. The maximum Gasteiger partial charge on any atom is 0.232 e. The third kappa shape index (κ3) is 3.86. The Balaban J connectivity index is 1.75. The van der Waals surface area contributed by atoms with E-state index in [4.69, 9.17) is 9.47 Å². The Morgan fingerprint density at radius 2 is 1.93 bits per heavy atom. The molecule has 1 aliphatic rings. The molecule has 0 aliphatic heterocycles. The Morgan fingerprint density at radius 1 is 1.21 bits per heavy atom. The van der Waals surface area contributed by atoms with Gasteiger partial charge in [0, 0.05) is 39.5 Å². The zero-order valence-corrected chi connectivity index (χ0v) is 17.4. The van der Waals surface area contributed by atoms with Crippen LogP contribution >= 0.6 is 0 Å². The number of benzene rings is 1. The van der Waals surface area contributed by atoms with Crippen LogP contribution in [0.4, 0.5) is 0 Å². The van der Waals surface area contributed by atoms with Crippen molar-refractivity contribution in [3.63, 3.8) is 0 Å². The van der Waals surface area contributed by atoms with E-state index in [1.807, 2.05) is 54.2 Å². The van der Waals surface area contributed by atoms with E-state index in [0.717, 1.165) is 56.5 Å². The first-order valence-corrected chi connectivity index (χ1v) is 9.96. The summed E-state index contributed by atoms with van der Waals surface area (Å²) in [6.07, 6.45) is 9.43. The highest BCUT2D eigenvalue weighted by Crippen LogP contribution is 2.44. The standard InChI is InChI=1S/C22H31N3O3/c1-24-15-13-23-20(24)8-7-14-25(2)21(26)22(11-5-6-12-22)17-9-10-18(27-3)19(16-17)28-4/h9-10,13,15-16H,5-8,11-12,14H2,1-4H3. The monoisotopic (exact) mass is 385 g/mol. The van der Waals surface area contributed by atoms with Gasteiger partial charge in [-0.3, -0.25) is 4.79 Å². The minimum Gasteiger partial charge on any atom is -0.493 e. The average molecular weight is 386 g/mol. The fourth-order valence-electron chi connectivity index (χ4n) is 4.32. The van der Waals surface area contributed by atoms with Crippen molar-refractivity contribution in [1.82, 2.24) is 14.5 Å². The zero-order valence-electron chi connectivity index (χ0n) is 17.4. The van der Waals surface area contributed by atoms with E-state index in [1.165, 1.54) is 0 Å². The fourth-order valence-corrected chi connectivity index (χ4v) is 4.32. The van der Waals surface area contributed by atoms with Crippen LogP contribution in [0.25, 0.3) is 0 Å². The molecule has 0 N–H and O–H groups in total. The second kappa shape index (κ2) is 8.67. The first-order valence-electron chi connectivity index (χ1n) is 9.96. The van der Waals surface area contributed by atoms with Gasteiger partial charge in [0.05, 0.1) is 19.6 Å². The Morgan fingerprint density at radius 3 is 2.54 bits per heavy atom. The van der Waals surface area contributed by atoms with E-state index in [1.54, 1.807) is 14.2 Å². The van der Waals surface area contributed by atoms with E-state index < -0.39 is 5.41 Å². The minimum absolute atomic E-state index is 0.206. The Hall–Kier alpha value is -2.50. The summed E-state index contributed by atoms with van der Waals surface area (Å²) >= 11 is 0. The van der Waals surface area contributed by atoms with Crippen LogP contribution in [0.2, 0.25) is 0 Å². The van der Waals surface area contributed by atoms with E-state index in [0.29, 0.717) is 11.5 Å². The van der Waals surface area contributed by atoms with Gasteiger partial charge in [-0.05, 0) is 37.0 Å². The summed E-state index contributed by atoms with van der Waals surface area (Å²) < 4.78 is 12.9. The number of aryl methyl sites for hydroxylation is 2. The molecule has 1 heterocycles. The summed E-state index contributed by atoms with van der Waals surface area (Å²) in [5, 5.41) is 0. The second-order valence-corrected chi connectivity index (χ2v) is 7.64. The van der Waals surface area contributed by atoms with E-state index in [-0.39, 0.29) is 5.91 Å². The number of carbonyl (C=O) groups excluding carboxylic acids is 1. The fraction of sp³-hybridized carbons (Fsp3) is 0.545. The molecule has 1 fully saturated rings.